The van der Waals surface area contributed by atoms with Crippen LogP contribution in [0.5, 0.6) is 0 Å². The summed E-state index contributed by atoms with van der Waals surface area (Å²) in [5.41, 5.74) is 2.59. The number of hydrogen-bond acceptors (Lipinski definition) is 4. The van der Waals surface area contributed by atoms with Crippen molar-refractivity contribution in [2.75, 3.05) is 6.54 Å². The summed E-state index contributed by atoms with van der Waals surface area (Å²) in [4.78, 5) is 32.1. The maximum Gasteiger partial charge on any atom is 0.251 e. The minimum atomic E-state index is -0.400. The van der Waals surface area contributed by atoms with Gasteiger partial charge < -0.3 is 15.5 Å². The van der Waals surface area contributed by atoms with E-state index in [2.05, 4.69) is 15.6 Å². The first-order valence-electron chi connectivity index (χ1n) is 10.0. The number of carbonyl (C=O) groups excluding carboxylic acids is 2. The lowest BCUT2D eigenvalue weighted by atomic mass is 9.86. The lowest BCUT2D eigenvalue weighted by Crippen LogP contribution is -2.53. The smallest absolute Gasteiger partial charge is 0.251 e. The highest BCUT2D eigenvalue weighted by Gasteiger charge is 2.45. The Morgan fingerprint density at radius 3 is 2.93 bits per heavy atom. The second kappa shape index (κ2) is 6.62. The molecule has 2 aromatic rings. The van der Waals surface area contributed by atoms with Crippen LogP contribution in [0.4, 0.5) is 0 Å². The van der Waals surface area contributed by atoms with Gasteiger partial charge >= 0.3 is 0 Å². The molecule has 6 heteroatoms. The normalized spacial score (nSPS) is 27.0. The van der Waals surface area contributed by atoms with E-state index >= 15 is 0 Å². The Balaban J connectivity index is 1.76. The van der Waals surface area contributed by atoms with E-state index in [0.29, 0.717) is 12.1 Å². The molecule has 0 bridgehead atoms. The molecular formula is C22H24N4O2. The van der Waals surface area contributed by atoms with Crippen LogP contribution >= 0.6 is 0 Å². The number of hydrogen-bond donors (Lipinski definition) is 2. The second-order valence-corrected chi connectivity index (χ2v) is 7.95. The zero-order chi connectivity index (χ0) is 19.3. The van der Waals surface area contributed by atoms with Gasteiger partial charge in [-0.1, -0.05) is 31.0 Å². The zero-order valence-corrected chi connectivity index (χ0v) is 15.9. The van der Waals surface area contributed by atoms with Crippen LogP contribution in [0.2, 0.25) is 0 Å². The van der Waals surface area contributed by atoms with Crippen molar-refractivity contribution in [1.82, 2.24) is 20.5 Å². The number of pyridine rings is 1. The average Bonchev–Trinajstić information content (AvgIpc) is 2.98. The van der Waals surface area contributed by atoms with E-state index in [9.17, 15) is 9.59 Å². The van der Waals surface area contributed by atoms with Crippen LogP contribution in [0.15, 0.2) is 47.9 Å². The topological polar surface area (TPSA) is 74.3 Å². The molecule has 0 radical (unpaired) electrons. The third kappa shape index (κ3) is 2.58. The van der Waals surface area contributed by atoms with E-state index in [1.54, 1.807) is 13.1 Å². The summed E-state index contributed by atoms with van der Waals surface area (Å²) < 4.78 is 0. The Bertz CT molecular complexity index is 994. The molecule has 2 N–H and O–H groups in total. The molecule has 1 aromatic heterocycles. The van der Waals surface area contributed by atoms with Crippen LogP contribution in [0.25, 0.3) is 10.8 Å². The lowest BCUT2D eigenvalue weighted by Gasteiger charge is -2.42. The number of benzene rings is 1. The third-order valence-electron chi connectivity index (χ3n) is 6.37. The highest BCUT2D eigenvalue weighted by Crippen LogP contribution is 2.42. The van der Waals surface area contributed by atoms with E-state index in [-0.39, 0.29) is 23.9 Å². The molecule has 0 saturated heterocycles. The van der Waals surface area contributed by atoms with E-state index < -0.39 is 6.04 Å². The number of nitrogens with one attached hydrogen (secondary N) is 2. The molecule has 2 amide bonds. The SMILES string of the molecule is CC(=O)N1[C@@H]2CCCC[C@H]2NC2=C(C(=O)NC2)[C@H]1c1cccc2ccncc12. The number of amides is 2. The third-order valence-corrected chi connectivity index (χ3v) is 6.37. The highest BCUT2D eigenvalue weighted by atomic mass is 16.2. The first-order chi connectivity index (χ1) is 13.6. The fourth-order valence-electron chi connectivity index (χ4n) is 5.18. The molecular weight excluding hydrogens is 352 g/mol. The summed E-state index contributed by atoms with van der Waals surface area (Å²) >= 11 is 0. The molecule has 1 aliphatic carbocycles. The van der Waals surface area contributed by atoms with E-state index in [1.165, 1.54) is 0 Å². The largest absolute Gasteiger partial charge is 0.382 e. The molecule has 2 aliphatic heterocycles. The highest BCUT2D eigenvalue weighted by molar-refractivity contribution is 6.00. The summed E-state index contributed by atoms with van der Waals surface area (Å²) in [5, 5.41) is 8.64. The monoisotopic (exact) mass is 376 g/mol. The standard InChI is InChI=1S/C22H24N4O2/c1-13(27)26-19-8-3-2-7-17(19)25-18-12-24-22(28)20(18)21(26)15-6-4-5-14-9-10-23-11-16(14)15/h4-6,9-11,17,19,21,25H,2-3,7-8,12H2,1H3,(H,24,28)/t17-,19-,21-/m1/s1. The van der Waals surface area contributed by atoms with Gasteiger partial charge in [-0.3, -0.25) is 14.6 Å². The molecule has 6 nitrogen and oxygen atoms in total. The van der Waals surface area contributed by atoms with Gasteiger partial charge in [0.1, 0.15) is 0 Å². The molecule has 3 aliphatic rings. The molecule has 144 valence electrons. The number of fused-ring (bicyclic) bond motifs is 2. The van der Waals surface area contributed by atoms with Gasteiger partial charge in [0.2, 0.25) is 5.91 Å². The van der Waals surface area contributed by atoms with Crippen LogP contribution in [-0.2, 0) is 9.59 Å². The molecule has 1 fully saturated rings. The van der Waals surface area contributed by atoms with Crippen molar-refractivity contribution in [1.29, 1.82) is 0 Å². The molecule has 3 atom stereocenters. The molecule has 1 saturated carbocycles. The molecule has 28 heavy (non-hydrogen) atoms. The Labute approximate surface area is 164 Å². The minimum absolute atomic E-state index is 0.0121. The number of carbonyl (C=O) groups is 2. The second-order valence-electron chi connectivity index (χ2n) is 7.95. The first-order valence-corrected chi connectivity index (χ1v) is 10.0. The van der Waals surface area contributed by atoms with E-state index in [0.717, 1.165) is 47.7 Å². The predicted molar refractivity (Wildman–Crippen MR) is 106 cm³/mol. The van der Waals surface area contributed by atoms with E-state index in [4.69, 9.17) is 0 Å². The Morgan fingerprint density at radius 2 is 2.07 bits per heavy atom. The molecule has 3 heterocycles. The average molecular weight is 376 g/mol. The molecule has 1 aromatic carbocycles. The van der Waals surface area contributed by atoms with E-state index in [1.807, 2.05) is 35.4 Å². The Hall–Kier alpha value is -2.89. The van der Waals surface area contributed by atoms with Crippen molar-refractivity contribution in [3.05, 3.63) is 53.5 Å². The maximum atomic E-state index is 12.9. The van der Waals surface area contributed by atoms with Crippen LogP contribution < -0.4 is 10.6 Å². The summed E-state index contributed by atoms with van der Waals surface area (Å²) in [6.07, 6.45) is 7.84. The summed E-state index contributed by atoms with van der Waals surface area (Å²) in [7, 11) is 0. The quantitative estimate of drug-likeness (QED) is 0.802. The molecule has 0 unspecified atom stereocenters. The first kappa shape index (κ1) is 17.2. The van der Waals surface area contributed by atoms with Crippen LogP contribution in [-0.4, -0.2) is 40.3 Å². The number of rotatable bonds is 1. The van der Waals surface area contributed by atoms with Crippen molar-refractivity contribution in [2.45, 2.75) is 50.7 Å². The van der Waals surface area contributed by atoms with Gasteiger partial charge in [0.25, 0.3) is 5.91 Å². The Kier molecular flexibility index (Phi) is 4.07. The van der Waals surface area contributed by atoms with Crippen molar-refractivity contribution in [2.24, 2.45) is 0 Å². The minimum Gasteiger partial charge on any atom is -0.382 e. The summed E-state index contributed by atoms with van der Waals surface area (Å²) in [6, 6.07) is 7.92. The maximum absolute atomic E-state index is 12.9. The van der Waals surface area contributed by atoms with Gasteiger partial charge in [-0.25, -0.2) is 0 Å². The molecule has 0 spiro atoms. The predicted octanol–water partition coefficient (Wildman–Crippen LogP) is 2.42. The number of aromatic nitrogens is 1. The number of nitrogens with zero attached hydrogens (tertiary/aromatic N) is 2. The lowest BCUT2D eigenvalue weighted by molar-refractivity contribution is -0.134. The Morgan fingerprint density at radius 1 is 1.21 bits per heavy atom. The van der Waals surface area contributed by atoms with Gasteiger partial charge in [-0.2, -0.15) is 0 Å². The van der Waals surface area contributed by atoms with Crippen molar-refractivity contribution in [3.8, 4) is 0 Å². The fourth-order valence-corrected chi connectivity index (χ4v) is 5.18. The zero-order valence-electron chi connectivity index (χ0n) is 15.9. The van der Waals surface area contributed by atoms with Gasteiger partial charge in [-0.05, 0) is 29.9 Å². The summed E-state index contributed by atoms with van der Waals surface area (Å²) in [5.74, 6) is -0.0728. The fraction of sp³-hybridized carbons (Fsp3) is 0.409. The summed E-state index contributed by atoms with van der Waals surface area (Å²) in [6.45, 7) is 2.13. The van der Waals surface area contributed by atoms with Crippen LogP contribution in [0.1, 0.15) is 44.2 Å². The van der Waals surface area contributed by atoms with Crippen LogP contribution in [0, 0.1) is 0 Å². The van der Waals surface area contributed by atoms with Gasteiger partial charge in [0.05, 0.1) is 24.2 Å². The van der Waals surface area contributed by atoms with Gasteiger partial charge in [0.15, 0.2) is 0 Å². The van der Waals surface area contributed by atoms with Crippen molar-refractivity contribution >= 4 is 22.6 Å². The van der Waals surface area contributed by atoms with Gasteiger partial charge in [-0.15, -0.1) is 0 Å². The van der Waals surface area contributed by atoms with Crippen molar-refractivity contribution in [3.63, 3.8) is 0 Å². The molecule has 5 rings (SSSR count). The van der Waals surface area contributed by atoms with Gasteiger partial charge in [0, 0.05) is 36.4 Å². The van der Waals surface area contributed by atoms with Crippen molar-refractivity contribution < 1.29 is 9.59 Å². The van der Waals surface area contributed by atoms with Crippen LogP contribution in [0.3, 0.4) is 0 Å².